The molecule has 0 bridgehead atoms. The summed E-state index contributed by atoms with van der Waals surface area (Å²) < 4.78 is 10.8. The smallest absolute Gasteiger partial charge is 0.221 e. The quantitative estimate of drug-likeness (QED) is 0.694. The molecule has 5 heteroatoms. The van der Waals surface area contributed by atoms with Crippen molar-refractivity contribution in [3.05, 3.63) is 60.2 Å². The van der Waals surface area contributed by atoms with Gasteiger partial charge in [-0.25, -0.2) is 0 Å². The Balaban J connectivity index is 1.62. The van der Waals surface area contributed by atoms with Gasteiger partial charge >= 0.3 is 0 Å². The molecule has 128 valence electrons. The van der Waals surface area contributed by atoms with Crippen LogP contribution in [0.5, 0.6) is 11.5 Å². The summed E-state index contributed by atoms with van der Waals surface area (Å²) in [5.41, 5.74) is 7.00. The molecule has 2 rings (SSSR count). The molecule has 0 saturated carbocycles. The van der Waals surface area contributed by atoms with Gasteiger partial charge in [0.1, 0.15) is 11.5 Å². The zero-order valence-electron chi connectivity index (χ0n) is 13.9. The largest absolute Gasteiger partial charge is 0.497 e. The third-order valence-corrected chi connectivity index (χ3v) is 3.59. The number of benzene rings is 2. The molecule has 0 fully saturated rings. The number of nitrogens with two attached hydrogens (primary N) is 1. The molecule has 1 amide bonds. The third kappa shape index (κ3) is 5.93. The van der Waals surface area contributed by atoms with E-state index >= 15 is 0 Å². The van der Waals surface area contributed by atoms with Crippen molar-refractivity contribution >= 4 is 5.91 Å². The van der Waals surface area contributed by atoms with Gasteiger partial charge in [0, 0.05) is 25.1 Å². The average Bonchev–Trinajstić information content (AvgIpc) is 2.62. The van der Waals surface area contributed by atoms with E-state index in [4.69, 9.17) is 15.2 Å². The Morgan fingerprint density at radius 1 is 1.12 bits per heavy atom. The fourth-order valence-electron chi connectivity index (χ4n) is 2.27. The first-order valence-electron chi connectivity index (χ1n) is 8.03. The molecule has 0 aliphatic rings. The average molecular weight is 328 g/mol. The van der Waals surface area contributed by atoms with Crippen LogP contribution in [0.1, 0.15) is 24.4 Å². The van der Waals surface area contributed by atoms with Crippen molar-refractivity contribution in [1.29, 1.82) is 0 Å². The summed E-state index contributed by atoms with van der Waals surface area (Å²) in [4.78, 5) is 11.9. The minimum Gasteiger partial charge on any atom is -0.497 e. The number of amides is 1. The van der Waals surface area contributed by atoms with Crippen LogP contribution in [0, 0.1) is 0 Å². The molecule has 0 saturated heterocycles. The molecule has 0 aliphatic heterocycles. The zero-order chi connectivity index (χ0) is 17.2. The Kier molecular flexibility index (Phi) is 7.11. The highest BCUT2D eigenvalue weighted by Gasteiger charge is 2.10. The summed E-state index contributed by atoms with van der Waals surface area (Å²) in [6.45, 7) is 1.09. The van der Waals surface area contributed by atoms with Gasteiger partial charge in [-0.3, -0.25) is 4.79 Å². The van der Waals surface area contributed by atoms with Crippen LogP contribution in [0.25, 0.3) is 0 Å². The van der Waals surface area contributed by atoms with Crippen molar-refractivity contribution in [2.24, 2.45) is 5.73 Å². The summed E-state index contributed by atoms with van der Waals surface area (Å²) in [6, 6.07) is 16.8. The first-order valence-corrected chi connectivity index (χ1v) is 8.03. The number of hydrogen-bond acceptors (Lipinski definition) is 4. The van der Waals surface area contributed by atoms with E-state index in [9.17, 15) is 4.79 Å². The van der Waals surface area contributed by atoms with Crippen LogP contribution >= 0.6 is 0 Å². The Bertz CT molecular complexity index is 632. The number of carbonyl (C=O) groups excluding carboxylic acids is 1. The summed E-state index contributed by atoms with van der Waals surface area (Å²) >= 11 is 0. The fourth-order valence-corrected chi connectivity index (χ4v) is 2.27. The second-order valence-corrected chi connectivity index (χ2v) is 5.45. The van der Waals surface area contributed by atoms with Crippen molar-refractivity contribution in [2.45, 2.75) is 18.9 Å². The lowest BCUT2D eigenvalue weighted by molar-refractivity contribution is -0.121. The molecule has 0 heterocycles. The molecule has 5 nitrogen and oxygen atoms in total. The van der Waals surface area contributed by atoms with E-state index in [0.29, 0.717) is 13.2 Å². The van der Waals surface area contributed by atoms with Crippen LogP contribution < -0.4 is 20.5 Å². The number of ether oxygens (including phenoxy) is 2. The Hall–Kier alpha value is -2.53. The Morgan fingerprint density at radius 2 is 1.88 bits per heavy atom. The van der Waals surface area contributed by atoms with Gasteiger partial charge in [0.2, 0.25) is 5.91 Å². The zero-order valence-corrected chi connectivity index (χ0v) is 13.9. The SMILES string of the molecule is COc1cccc(OCCCNC(=O)CC(N)c2ccccc2)c1. The van der Waals surface area contributed by atoms with E-state index in [1.54, 1.807) is 7.11 Å². The molecular formula is C19H24N2O3. The summed E-state index contributed by atoms with van der Waals surface area (Å²) in [5.74, 6) is 1.47. The highest BCUT2D eigenvalue weighted by Crippen LogP contribution is 2.18. The van der Waals surface area contributed by atoms with Crippen molar-refractivity contribution in [1.82, 2.24) is 5.32 Å². The highest BCUT2D eigenvalue weighted by atomic mass is 16.5. The number of nitrogens with one attached hydrogen (secondary N) is 1. The first kappa shape index (κ1) is 17.8. The van der Waals surface area contributed by atoms with Crippen molar-refractivity contribution < 1.29 is 14.3 Å². The van der Waals surface area contributed by atoms with E-state index in [-0.39, 0.29) is 18.4 Å². The molecule has 24 heavy (non-hydrogen) atoms. The molecule has 2 aromatic rings. The standard InChI is InChI=1S/C19H24N2O3/c1-23-16-9-5-10-17(13-16)24-12-6-11-21-19(22)14-18(20)15-7-3-2-4-8-15/h2-5,7-10,13,18H,6,11-12,14,20H2,1H3,(H,21,22). The van der Waals surface area contributed by atoms with Gasteiger partial charge in [-0.2, -0.15) is 0 Å². The van der Waals surface area contributed by atoms with Gasteiger partial charge in [0.15, 0.2) is 0 Å². The summed E-state index contributed by atoms with van der Waals surface area (Å²) in [7, 11) is 1.62. The molecule has 1 atom stereocenters. The molecule has 1 unspecified atom stereocenters. The molecular weight excluding hydrogens is 304 g/mol. The van der Waals surface area contributed by atoms with Crippen LogP contribution in [-0.4, -0.2) is 26.2 Å². The van der Waals surface area contributed by atoms with Gasteiger partial charge in [-0.15, -0.1) is 0 Å². The molecule has 0 aromatic heterocycles. The maximum absolute atomic E-state index is 11.9. The van der Waals surface area contributed by atoms with Crippen LogP contribution in [0.3, 0.4) is 0 Å². The number of hydrogen-bond donors (Lipinski definition) is 2. The van der Waals surface area contributed by atoms with Gasteiger partial charge in [0.05, 0.1) is 13.7 Å². The van der Waals surface area contributed by atoms with E-state index in [1.165, 1.54) is 0 Å². The number of carbonyl (C=O) groups is 1. The van der Waals surface area contributed by atoms with Crippen LogP contribution in [0.15, 0.2) is 54.6 Å². The van der Waals surface area contributed by atoms with Gasteiger partial charge in [0.25, 0.3) is 0 Å². The van der Waals surface area contributed by atoms with E-state index in [2.05, 4.69) is 5.32 Å². The second-order valence-electron chi connectivity index (χ2n) is 5.45. The van der Waals surface area contributed by atoms with Crippen LogP contribution in [0.4, 0.5) is 0 Å². The van der Waals surface area contributed by atoms with Crippen molar-refractivity contribution in [3.8, 4) is 11.5 Å². The van der Waals surface area contributed by atoms with E-state index < -0.39 is 0 Å². The second kappa shape index (κ2) is 9.57. The minimum absolute atomic E-state index is 0.0484. The van der Waals surface area contributed by atoms with Crippen molar-refractivity contribution in [3.63, 3.8) is 0 Å². The summed E-state index contributed by atoms with van der Waals surface area (Å²) in [5, 5.41) is 2.87. The lowest BCUT2D eigenvalue weighted by Crippen LogP contribution is -2.29. The molecule has 2 aromatic carbocycles. The van der Waals surface area contributed by atoms with Crippen LogP contribution in [-0.2, 0) is 4.79 Å². The number of rotatable bonds is 9. The normalized spacial score (nSPS) is 11.6. The summed E-state index contributed by atoms with van der Waals surface area (Å²) in [6.07, 6.45) is 1.00. The fraction of sp³-hybridized carbons (Fsp3) is 0.316. The lowest BCUT2D eigenvalue weighted by atomic mass is 10.0. The minimum atomic E-state index is -0.278. The van der Waals surface area contributed by atoms with Gasteiger partial charge in [-0.05, 0) is 24.1 Å². The molecule has 0 radical (unpaired) electrons. The van der Waals surface area contributed by atoms with Gasteiger partial charge < -0.3 is 20.5 Å². The Morgan fingerprint density at radius 3 is 2.62 bits per heavy atom. The van der Waals surface area contributed by atoms with Crippen LogP contribution in [0.2, 0.25) is 0 Å². The predicted molar refractivity (Wildman–Crippen MR) is 94.1 cm³/mol. The highest BCUT2D eigenvalue weighted by molar-refractivity contribution is 5.76. The maximum atomic E-state index is 11.9. The molecule has 0 aliphatic carbocycles. The lowest BCUT2D eigenvalue weighted by Gasteiger charge is -2.12. The Labute approximate surface area is 142 Å². The first-order chi connectivity index (χ1) is 11.7. The van der Waals surface area contributed by atoms with Crippen molar-refractivity contribution in [2.75, 3.05) is 20.3 Å². The predicted octanol–water partition coefficient (Wildman–Crippen LogP) is 2.67. The van der Waals surface area contributed by atoms with E-state index in [1.807, 2.05) is 54.6 Å². The topological polar surface area (TPSA) is 73.6 Å². The molecule has 3 N–H and O–H groups in total. The monoisotopic (exact) mass is 328 g/mol. The maximum Gasteiger partial charge on any atom is 0.221 e. The van der Waals surface area contributed by atoms with E-state index in [0.717, 1.165) is 23.5 Å². The number of methoxy groups -OCH3 is 1. The van der Waals surface area contributed by atoms with Gasteiger partial charge in [-0.1, -0.05) is 36.4 Å². The third-order valence-electron chi connectivity index (χ3n) is 3.59. The molecule has 0 spiro atoms.